The number of amides is 4. The van der Waals surface area contributed by atoms with Gasteiger partial charge in [0.15, 0.2) is 6.61 Å². The normalized spacial score (nSPS) is 24.4. The third-order valence-electron chi connectivity index (χ3n) is 5.97. The van der Waals surface area contributed by atoms with Crippen molar-refractivity contribution in [2.45, 2.75) is 59.4 Å². The molecule has 0 unspecified atom stereocenters. The molecule has 0 radical (unpaired) electrons. The molecule has 3 rings (SSSR count). The summed E-state index contributed by atoms with van der Waals surface area (Å²) >= 11 is 6.18. The highest BCUT2D eigenvalue weighted by Crippen LogP contribution is 2.46. The van der Waals surface area contributed by atoms with E-state index in [4.69, 9.17) is 16.3 Å². The van der Waals surface area contributed by atoms with Crippen molar-refractivity contribution >= 4 is 41.1 Å². The first-order valence-electron chi connectivity index (χ1n) is 10.7. The van der Waals surface area contributed by atoms with E-state index in [1.54, 1.807) is 13.0 Å². The molecule has 9 heteroatoms. The molecule has 0 bridgehead atoms. The number of benzene rings is 1. The second-order valence-electron chi connectivity index (χ2n) is 9.91. The minimum Gasteiger partial charge on any atom is -0.454 e. The van der Waals surface area contributed by atoms with Gasteiger partial charge in [-0.05, 0) is 61.6 Å². The fraction of sp³-hybridized carbons (Fsp3) is 0.565. The molecule has 32 heavy (non-hydrogen) atoms. The predicted octanol–water partition coefficient (Wildman–Crippen LogP) is 3.58. The fourth-order valence-electron chi connectivity index (χ4n) is 5.22. The zero-order valence-corrected chi connectivity index (χ0v) is 19.9. The van der Waals surface area contributed by atoms with E-state index in [0.717, 1.165) is 22.4 Å². The number of carbonyl (C=O) groups excluding carboxylic acids is 4. The van der Waals surface area contributed by atoms with Gasteiger partial charge in [0.25, 0.3) is 11.8 Å². The maximum atomic E-state index is 13.1. The monoisotopic (exact) mass is 463 g/mol. The van der Waals surface area contributed by atoms with Gasteiger partial charge in [0.2, 0.25) is 0 Å². The number of rotatable bonds is 5. The molecular formula is C23H30ClN3O5. The lowest BCUT2D eigenvalue weighted by Crippen LogP contribution is -2.54. The summed E-state index contributed by atoms with van der Waals surface area (Å²) < 4.78 is 5.01. The average molecular weight is 464 g/mol. The second-order valence-corrected chi connectivity index (χ2v) is 10.3. The van der Waals surface area contributed by atoms with Crippen LogP contribution in [-0.4, -0.2) is 47.4 Å². The number of anilines is 1. The quantitative estimate of drug-likeness (QED) is 0.513. The average Bonchev–Trinajstić information content (AvgIpc) is 2.84. The van der Waals surface area contributed by atoms with Gasteiger partial charge >= 0.3 is 12.0 Å². The van der Waals surface area contributed by atoms with Gasteiger partial charge in [0.1, 0.15) is 12.1 Å². The summed E-state index contributed by atoms with van der Waals surface area (Å²) in [6.07, 6.45) is 2.00. The Morgan fingerprint density at radius 3 is 2.56 bits per heavy atom. The summed E-state index contributed by atoms with van der Waals surface area (Å²) in [6.45, 7) is 8.80. The van der Waals surface area contributed by atoms with Gasteiger partial charge in [0.05, 0.1) is 10.7 Å². The Kier molecular flexibility index (Phi) is 6.56. The number of halogens is 1. The molecule has 2 atom stereocenters. The largest absolute Gasteiger partial charge is 0.454 e. The van der Waals surface area contributed by atoms with Crippen LogP contribution >= 0.6 is 11.6 Å². The number of urea groups is 1. The van der Waals surface area contributed by atoms with E-state index in [1.165, 1.54) is 0 Å². The Morgan fingerprint density at radius 2 is 1.94 bits per heavy atom. The molecule has 1 aliphatic carbocycles. The van der Waals surface area contributed by atoms with Gasteiger partial charge in [-0.3, -0.25) is 19.3 Å². The van der Waals surface area contributed by atoms with Crippen molar-refractivity contribution in [2.75, 3.05) is 18.5 Å². The van der Waals surface area contributed by atoms with E-state index < -0.39 is 42.5 Å². The number of carbonyl (C=O) groups is 4. The lowest BCUT2D eigenvalue weighted by Gasteiger charge is -2.43. The van der Waals surface area contributed by atoms with Crippen molar-refractivity contribution in [1.82, 2.24) is 10.2 Å². The minimum atomic E-state index is -0.990. The van der Waals surface area contributed by atoms with Gasteiger partial charge in [-0.15, -0.1) is 0 Å². The molecule has 8 nitrogen and oxygen atoms in total. The van der Waals surface area contributed by atoms with Crippen LogP contribution in [0.2, 0.25) is 5.02 Å². The number of esters is 1. The molecule has 1 aromatic carbocycles. The van der Waals surface area contributed by atoms with Crippen LogP contribution in [0.5, 0.6) is 0 Å². The maximum Gasteiger partial charge on any atom is 0.326 e. The van der Waals surface area contributed by atoms with Crippen molar-refractivity contribution in [3.63, 3.8) is 0 Å². The molecule has 174 valence electrons. The van der Waals surface area contributed by atoms with Crippen LogP contribution in [0.15, 0.2) is 12.1 Å². The Bertz CT molecular complexity index is 953. The van der Waals surface area contributed by atoms with Crippen LogP contribution in [0.4, 0.5) is 10.5 Å². The molecule has 1 aliphatic heterocycles. The third kappa shape index (κ3) is 5.06. The van der Waals surface area contributed by atoms with E-state index in [0.29, 0.717) is 23.6 Å². The summed E-state index contributed by atoms with van der Waals surface area (Å²) in [6, 6.07) is 2.98. The fourth-order valence-corrected chi connectivity index (χ4v) is 5.59. The zero-order chi connectivity index (χ0) is 23.8. The van der Waals surface area contributed by atoms with Gasteiger partial charge in [-0.1, -0.05) is 38.4 Å². The van der Waals surface area contributed by atoms with Crippen LogP contribution < -0.4 is 10.6 Å². The van der Waals surface area contributed by atoms with E-state index in [2.05, 4.69) is 31.4 Å². The standard InChI is InChI=1S/C23H30ClN3O5/c1-13-6-15(3)19(16(24)7-13)25-17(28)11-32-18(29)10-27-20(30)23(26-21(27)31)9-14(2)8-22(4,5)12-23/h6-7,14H,8-12H2,1-5H3,(H,25,28)(H,26,31)/t14-,23-/m1/s1. The molecule has 4 amide bonds. The molecule has 0 aromatic heterocycles. The Balaban J connectivity index is 1.58. The van der Waals surface area contributed by atoms with Crippen LogP contribution in [0.1, 0.15) is 51.2 Å². The number of ether oxygens (including phenoxy) is 1. The molecule has 1 saturated carbocycles. The maximum absolute atomic E-state index is 13.1. The second kappa shape index (κ2) is 8.73. The SMILES string of the molecule is Cc1cc(C)c(NC(=O)COC(=O)CN2C(=O)N[C@@]3(C[C@H](C)CC(C)(C)C3)C2=O)c(Cl)c1. The zero-order valence-electron chi connectivity index (χ0n) is 19.1. The summed E-state index contributed by atoms with van der Waals surface area (Å²) in [5, 5.41) is 5.82. The first-order valence-corrected chi connectivity index (χ1v) is 11.1. The lowest BCUT2D eigenvalue weighted by atomic mass is 9.64. The van der Waals surface area contributed by atoms with E-state index in [1.807, 2.05) is 13.0 Å². The summed E-state index contributed by atoms with van der Waals surface area (Å²) in [5.74, 6) is -1.56. The molecule has 2 N–H and O–H groups in total. The molecule has 1 spiro atoms. The van der Waals surface area contributed by atoms with Gasteiger partial charge < -0.3 is 15.4 Å². The summed E-state index contributed by atoms with van der Waals surface area (Å²) in [5.41, 5.74) is 1.09. The highest BCUT2D eigenvalue weighted by molar-refractivity contribution is 6.34. The number of imide groups is 1. The smallest absolute Gasteiger partial charge is 0.326 e. The van der Waals surface area contributed by atoms with Crippen molar-refractivity contribution in [1.29, 1.82) is 0 Å². The molecule has 2 aliphatic rings. The van der Waals surface area contributed by atoms with Crippen molar-refractivity contribution in [2.24, 2.45) is 11.3 Å². The van der Waals surface area contributed by atoms with E-state index in [9.17, 15) is 19.2 Å². The highest BCUT2D eigenvalue weighted by Gasteiger charge is 2.56. The molecule has 2 fully saturated rings. The van der Waals surface area contributed by atoms with Crippen molar-refractivity contribution in [3.8, 4) is 0 Å². The van der Waals surface area contributed by atoms with Gasteiger partial charge in [-0.25, -0.2) is 4.79 Å². The first-order chi connectivity index (χ1) is 14.8. The summed E-state index contributed by atoms with van der Waals surface area (Å²) in [4.78, 5) is 51.0. The Morgan fingerprint density at radius 1 is 1.25 bits per heavy atom. The van der Waals surface area contributed by atoms with Crippen molar-refractivity contribution < 1.29 is 23.9 Å². The van der Waals surface area contributed by atoms with Crippen LogP contribution in [0.3, 0.4) is 0 Å². The number of hydrogen-bond donors (Lipinski definition) is 2. The Hall–Kier alpha value is -2.61. The molecule has 1 aromatic rings. The summed E-state index contributed by atoms with van der Waals surface area (Å²) in [7, 11) is 0. The third-order valence-corrected chi connectivity index (χ3v) is 6.27. The predicted molar refractivity (Wildman–Crippen MR) is 120 cm³/mol. The molecule has 1 saturated heterocycles. The molecular weight excluding hydrogens is 434 g/mol. The topological polar surface area (TPSA) is 105 Å². The van der Waals surface area contributed by atoms with Crippen LogP contribution in [0, 0.1) is 25.2 Å². The number of nitrogens with zero attached hydrogens (tertiary/aromatic N) is 1. The number of aryl methyl sites for hydroxylation is 2. The van der Waals surface area contributed by atoms with Crippen LogP contribution in [0.25, 0.3) is 0 Å². The van der Waals surface area contributed by atoms with Gasteiger partial charge in [-0.2, -0.15) is 0 Å². The highest BCUT2D eigenvalue weighted by atomic mass is 35.5. The first kappa shape index (κ1) is 24.0. The number of hydrogen-bond acceptors (Lipinski definition) is 5. The molecule has 1 heterocycles. The van der Waals surface area contributed by atoms with Crippen LogP contribution in [-0.2, 0) is 19.1 Å². The van der Waals surface area contributed by atoms with E-state index in [-0.39, 0.29) is 11.3 Å². The van der Waals surface area contributed by atoms with Crippen molar-refractivity contribution in [3.05, 3.63) is 28.3 Å². The van der Waals surface area contributed by atoms with Gasteiger partial charge in [0, 0.05) is 0 Å². The lowest BCUT2D eigenvalue weighted by molar-refractivity contribution is -0.150. The van der Waals surface area contributed by atoms with E-state index >= 15 is 0 Å². The minimum absolute atomic E-state index is 0.107. The Labute approximate surface area is 193 Å². The number of nitrogens with one attached hydrogen (secondary N) is 2.